The summed E-state index contributed by atoms with van der Waals surface area (Å²) in [6, 6.07) is 4.04. The fourth-order valence-electron chi connectivity index (χ4n) is 2.49. The molecule has 18 heavy (non-hydrogen) atoms. The molecule has 0 amide bonds. The second-order valence-electron chi connectivity index (χ2n) is 5.62. The summed E-state index contributed by atoms with van der Waals surface area (Å²) in [5, 5.41) is 10.4. The van der Waals surface area contributed by atoms with Crippen LogP contribution < -0.4 is 9.47 Å². The van der Waals surface area contributed by atoms with E-state index in [1.54, 1.807) is 0 Å². The first-order valence-electron chi connectivity index (χ1n) is 6.76. The van der Waals surface area contributed by atoms with Crippen molar-refractivity contribution < 1.29 is 14.6 Å². The van der Waals surface area contributed by atoms with E-state index in [4.69, 9.17) is 9.47 Å². The summed E-state index contributed by atoms with van der Waals surface area (Å²) < 4.78 is 11.4. The topological polar surface area (TPSA) is 38.7 Å². The molecule has 98 valence electrons. The van der Waals surface area contributed by atoms with Crippen molar-refractivity contribution in [3.8, 4) is 11.5 Å². The van der Waals surface area contributed by atoms with Crippen molar-refractivity contribution in [2.45, 2.75) is 44.6 Å². The van der Waals surface area contributed by atoms with Crippen LogP contribution in [0.1, 0.15) is 50.2 Å². The zero-order chi connectivity index (χ0) is 12.8. The highest BCUT2D eigenvalue weighted by Crippen LogP contribution is 2.50. The predicted molar refractivity (Wildman–Crippen MR) is 69.3 cm³/mol. The summed E-state index contributed by atoms with van der Waals surface area (Å²) in [5.41, 5.74) is 1.59. The molecule has 0 radical (unpaired) electrons. The molecule has 1 heterocycles. The third kappa shape index (κ3) is 1.97. The van der Waals surface area contributed by atoms with Gasteiger partial charge in [-0.1, -0.05) is 13.8 Å². The van der Waals surface area contributed by atoms with Gasteiger partial charge in [0.15, 0.2) is 11.5 Å². The van der Waals surface area contributed by atoms with Gasteiger partial charge in [-0.25, -0.2) is 0 Å². The van der Waals surface area contributed by atoms with E-state index in [0.29, 0.717) is 19.1 Å². The lowest BCUT2D eigenvalue weighted by atomic mass is 9.92. The Balaban J connectivity index is 2.09. The summed E-state index contributed by atoms with van der Waals surface area (Å²) in [4.78, 5) is 0. The molecular weight excluding hydrogens is 228 g/mol. The Morgan fingerprint density at radius 1 is 1.11 bits per heavy atom. The van der Waals surface area contributed by atoms with Gasteiger partial charge in [0.1, 0.15) is 0 Å². The summed E-state index contributed by atoms with van der Waals surface area (Å²) in [6.45, 7) is 5.68. The lowest BCUT2D eigenvalue weighted by Gasteiger charge is -2.20. The van der Waals surface area contributed by atoms with E-state index in [-0.39, 0.29) is 0 Å². The van der Waals surface area contributed by atoms with Gasteiger partial charge in [-0.2, -0.15) is 0 Å². The van der Waals surface area contributed by atoms with E-state index >= 15 is 0 Å². The third-order valence-electron chi connectivity index (χ3n) is 3.77. The van der Waals surface area contributed by atoms with Gasteiger partial charge in [0, 0.05) is 6.42 Å². The molecule has 0 saturated heterocycles. The van der Waals surface area contributed by atoms with Gasteiger partial charge >= 0.3 is 0 Å². The van der Waals surface area contributed by atoms with E-state index in [0.717, 1.165) is 36.3 Å². The minimum absolute atomic E-state index is 0.377. The summed E-state index contributed by atoms with van der Waals surface area (Å²) >= 11 is 0. The molecule has 2 aliphatic rings. The Labute approximate surface area is 108 Å². The first-order chi connectivity index (χ1) is 8.60. The molecule has 1 aliphatic carbocycles. The van der Waals surface area contributed by atoms with Crippen LogP contribution in [0.4, 0.5) is 0 Å². The maximum absolute atomic E-state index is 10.4. The molecule has 3 rings (SSSR count). The number of hydrogen-bond acceptors (Lipinski definition) is 3. The Morgan fingerprint density at radius 3 is 2.28 bits per heavy atom. The van der Waals surface area contributed by atoms with Crippen molar-refractivity contribution in [2.75, 3.05) is 13.2 Å². The van der Waals surface area contributed by atoms with Crippen LogP contribution >= 0.6 is 0 Å². The quantitative estimate of drug-likeness (QED) is 0.874. The van der Waals surface area contributed by atoms with Gasteiger partial charge in [0.25, 0.3) is 0 Å². The molecular formula is C15H20O3. The average molecular weight is 248 g/mol. The van der Waals surface area contributed by atoms with E-state index in [1.165, 1.54) is 5.56 Å². The standard InChI is InChI=1S/C15H20O3/c1-10(2)11-8-13-14(18-7-3-6-17-13)9-12(11)15(16)4-5-15/h8-10,16H,3-7H2,1-2H3. The second kappa shape index (κ2) is 4.16. The van der Waals surface area contributed by atoms with Crippen LogP contribution in [0.15, 0.2) is 12.1 Å². The first-order valence-corrected chi connectivity index (χ1v) is 6.76. The molecule has 3 heteroatoms. The molecule has 0 aromatic heterocycles. The highest BCUT2D eigenvalue weighted by Gasteiger charge is 2.44. The number of fused-ring (bicyclic) bond motifs is 1. The number of hydrogen-bond donors (Lipinski definition) is 1. The summed E-state index contributed by atoms with van der Waals surface area (Å²) in [5.74, 6) is 1.98. The van der Waals surface area contributed by atoms with Crippen LogP contribution in [0.25, 0.3) is 0 Å². The maximum Gasteiger partial charge on any atom is 0.161 e. The van der Waals surface area contributed by atoms with Gasteiger partial charge in [-0.3, -0.25) is 0 Å². The molecule has 1 fully saturated rings. The molecule has 0 bridgehead atoms. The maximum atomic E-state index is 10.4. The van der Waals surface area contributed by atoms with Crippen molar-refractivity contribution in [2.24, 2.45) is 0 Å². The normalized spacial score (nSPS) is 20.7. The molecule has 1 aromatic carbocycles. The monoisotopic (exact) mass is 248 g/mol. The van der Waals surface area contributed by atoms with Gasteiger partial charge in [0.05, 0.1) is 18.8 Å². The van der Waals surface area contributed by atoms with E-state index in [9.17, 15) is 5.11 Å². The molecule has 0 atom stereocenters. The number of ether oxygens (including phenoxy) is 2. The highest BCUT2D eigenvalue weighted by molar-refractivity contribution is 5.51. The van der Waals surface area contributed by atoms with E-state index in [1.807, 2.05) is 6.07 Å². The predicted octanol–water partition coefficient (Wildman–Crippen LogP) is 2.95. The molecule has 1 aliphatic heterocycles. The van der Waals surface area contributed by atoms with Crippen LogP contribution in [0, 0.1) is 0 Å². The van der Waals surface area contributed by atoms with Gasteiger partial charge in [0.2, 0.25) is 0 Å². The molecule has 1 aromatic rings. The fraction of sp³-hybridized carbons (Fsp3) is 0.600. The zero-order valence-electron chi connectivity index (χ0n) is 11.0. The molecule has 0 spiro atoms. The number of rotatable bonds is 2. The Kier molecular flexibility index (Phi) is 2.74. The van der Waals surface area contributed by atoms with Crippen LogP contribution in [-0.4, -0.2) is 18.3 Å². The molecule has 1 N–H and O–H groups in total. The number of aliphatic hydroxyl groups is 1. The SMILES string of the molecule is CC(C)c1cc2c(cc1C1(O)CC1)OCCCO2. The number of benzene rings is 1. The van der Waals surface area contributed by atoms with Crippen LogP contribution in [0.3, 0.4) is 0 Å². The lowest BCUT2D eigenvalue weighted by Crippen LogP contribution is -2.10. The minimum Gasteiger partial charge on any atom is -0.490 e. The lowest BCUT2D eigenvalue weighted by molar-refractivity contribution is 0.149. The van der Waals surface area contributed by atoms with Crippen molar-refractivity contribution in [3.05, 3.63) is 23.3 Å². The second-order valence-corrected chi connectivity index (χ2v) is 5.62. The van der Waals surface area contributed by atoms with Crippen LogP contribution in [0.5, 0.6) is 11.5 Å². The van der Waals surface area contributed by atoms with Gasteiger partial charge < -0.3 is 14.6 Å². The molecule has 1 saturated carbocycles. The van der Waals surface area contributed by atoms with E-state index < -0.39 is 5.60 Å². The van der Waals surface area contributed by atoms with Crippen molar-refractivity contribution in [1.29, 1.82) is 0 Å². The summed E-state index contributed by atoms with van der Waals surface area (Å²) in [7, 11) is 0. The van der Waals surface area contributed by atoms with Crippen molar-refractivity contribution in [3.63, 3.8) is 0 Å². The average Bonchev–Trinajstić information content (AvgIpc) is 3.11. The minimum atomic E-state index is -0.621. The van der Waals surface area contributed by atoms with Gasteiger partial charge in [-0.05, 0) is 42.0 Å². The van der Waals surface area contributed by atoms with Crippen LogP contribution in [-0.2, 0) is 5.60 Å². The Hall–Kier alpha value is -1.22. The highest BCUT2D eigenvalue weighted by atomic mass is 16.5. The van der Waals surface area contributed by atoms with E-state index in [2.05, 4.69) is 19.9 Å². The zero-order valence-corrected chi connectivity index (χ0v) is 11.0. The van der Waals surface area contributed by atoms with Crippen molar-refractivity contribution in [1.82, 2.24) is 0 Å². The van der Waals surface area contributed by atoms with Crippen molar-refractivity contribution >= 4 is 0 Å². The first kappa shape index (κ1) is 11.8. The smallest absolute Gasteiger partial charge is 0.161 e. The largest absolute Gasteiger partial charge is 0.490 e. The fourth-order valence-corrected chi connectivity index (χ4v) is 2.49. The van der Waals surface area contributed by atoms with Crippen LogP contribution in [0.2, 0.25) is 0 Å². The Morgan fingerprint density at radius 2 is 1.72 bits per heavy atom. The molecule has 0 unspecified atom stereocenters. The Bertz CT molecular complexity index is 461. The summed E-state index contributed by atoms with van der Waals surface area (Å²) in [6.07, 6.45) is 2.62. The molecule has 3 nitrogen and oxygen atoms in total. The van der Waals surface area contributed by atoms with Gasteiger partial charge in [-0.15, -0.1) is 0 Å². The third-order valence-corrected chi connectivity index (χ3v) is 3.77.